The van der Waals surface area contributed by atoms with Gasteiger partial charge in [0, 0.05) is 18.1 Å². The number of alkyl halides is 3. The summed E-state index contributed by atoms with van der Waals surface area (Å²) in [6.07, 6.45) is -4.53. The van der Waals surface area contributed by atoms with Gasteiger partial charge in [-0.1, -0.05) is 6.07 Å². The quantitative estimate of drug-likeness (QED) is 0.904. The average Bonchev–Trinajstić information content (AvgIpc) is 2.38. The van der Waals surface area contributed by atoms with Crippen LogP contribution in [0.25, 0.3) is 0 Å². The summed E-state index contributed by atoms with van der Waals surface area (Å²) in [5, 5.41) is 9.09. The van der Waals surface area contributed by atoms with Crippen LogP contribution >= 0.6 is 11.8 Å². The van der Waals surface area contributed by atoms with E-state index in [0.29, 0.717) is 18.1 Å². The Kier molecular flexibility index (Phi) is 3.88. The van der Waals surface area contributed by atoms with Gasteiger partial charge in [0.05, 0.1) is 0 Å². The molecule has 1 unspecified atom stereocenters. The van der Waals surface area contributed by atoms with Crippen LogP contribution in [0.15, 0.2) is 18.2 Å². The Morgan fingerprint density at radius 1 is 1.47 bits per heavy atom. The maximum absolute atomic E-state index is 12.6. The molecule has 4 nitrogen and oxygen atoms in total. The molecule has 1 aromatic rings. The minimum Gasteiger partial charge on any atom is -0.480 e. The molecule has 0 saturated carbocycles. The Bertz CT molecular complexity index is 481. The monoisotopic (exact) mass is 292 g/mol. The van der Waals surface area contributed by atoms with E-state index in [2.05, 4.69) is 4.98 Å². The molecule has 8 heteroatoms. The predicted molar refractivity (Wildman–Crippen MR) is 65.3 cm³/mol. The number of rotatable bonds is 2. The van der Waals surface area contributed by atoms with Crippen LogP contribution in [0, 0.1) is 0 Å². The number of thioether (sulfide) groups is 1. The standard InChI is InChI=1S/C11H11F3N2O2S/c12-11(13,14)8-2-1-3-9(15-8)16-4-5-19-6-7(16)10(17)18/h1-3,7H,4-6H2,(H,17,18). The van der Waals surface area contributed by atoms with Gasteiger partial charge in [-0.3, -0.25) is 0 Å². The summed E-state index contributed by atoms with van der Waals surface area (Å²) < 4.78 is 37.8. The number of hydrogen-bond acceptors (Lipinski definition) is 4. The molecule has 1 N–H and O–H groups in total. The van der Waals surface area contributed by atoms with Crippen molar-refractivity contribution in [1.82, 2.24) is 4.98 Å². The number of carboxylic acids is 1. The number of aromatic nitrogens is 1. The minimum absolute atomic E-state index is 0.0579. The van der Waals surface area contributed by atoms with E-state index in [1.165, 1.54) is 28.8 Å². The highest BCUT2D eigenvalue weighted by Crippen LogP contribution is 2.30. The molecule has 0 aliphatic carbocycles. The van der Waals surface area contributed by atoms with Crippen molar-refractivity contribution in [2.45, 2.75) is 12.2 Å². The molecule has 0 bridgehead atoms. The van der Waals surface area contributed by atoms with E-state index < -0.39 is 23.9 Å². The molecule has 104 valence electrons. The van der Waals surface area contributed by atoms with E-state index in [4.69, 9.17) is 5.11 Å². The minimum atomic E-state index is -4.53. The van der Waals surface area contributed by atoms with Gasteiger partial charge in [0.25, 0.3) is 0 Å². The Balaban J connectivity index is 2.32. The van der Waals surface area contributed by atoms with E-state index >= 15 is 0 Å². The second-order valence-electron chi connectivity index (χ2n) is 4.00. The molecule has 2 rings (SSSR count). The molecule has 1 atom stereocenters. The molecule has 1 aliphatic heterocycles. The topological polar surface area (TPSA) is 53.4 Å². The number of carbonyl (C=O) groups is 1. The molecule has 0 amide bonds. The third-order valence-electron chi connectivity index (χ3n) is 2.73. The van der Waals surface area contributed by atoms with Crippen molar-refractivity contribution in [2.24, 2.45) is 0 Å². The van der Waals surface area contributed by atoms with Crippen molar-refractivity contribution in [1.29, 1.82) is 0 Å². The fraction of sp³-hybridized carbons (Fsp3) is 0.455. The van der Waals surface area contributed by atoms with Gasteiger partial charge >= 0.3 is 12.1 Å². The van der Waals surface area contributed by atoms with Crippen LogP contribution in [0.5, 0.6) is 0 Å². The second-order valence-corrected chi connectivity index (χ2v) is 5.15. The van der Waals surface area contributed by atoms with Gasteiger partial charge < -0.3 is 10.0 Å². The zero-order chi connectivity index (χ0) is 14.0. The highest BCUT2D eigenvalue weighted by atomic mass is 32.2. The van der Waals surface area contributed by atoms with E-state index in [1.807, 2.05) is 0 Å². The molecule has 1 fully saturated rings. The summed E-state index contributed by atoms with van der Waals surface area (Å²) in [6.45, 7) is 0.371. The summed E-state index contributed by atoms with van der Waals surface area (Å²) >= 11 is 1.47. The Morgan fingerprint density at radius 3 is 2.84 bits per heavy atom. The maximum atomic E-state index is 12.6. The van der Waals surface area contributed by atoms with E-state index in [9.17, 15) is 18.0 Å². The lowest BCUT2D eigenvalue weighted by molar-refractivity contribution is -0.141. The Morgan fingerprint density at radius 2 is 2.21 bits per heavy atom. The highest BCUT2D eigenvalue weighted by Gasteiger charge is 2.35. The largest absolute Gasteiger partial charge is 0.480 e. The molecule has 2 heterocycles. The van der Waals surface area contributed by atoms with Crippen molar-refractivity contribution in [2.75, 3.05) is 23.0 Å². The summed E-state index contributed by atoms with van der Waals surface area (Å²) in [5.74, 6) is 0.0172. The van der Waals surface area contributed by atoms with E-state index in [-0.39, 0.29) is 5.82 Å². The SMILES string of the molecule is O=C(O)C1CSCCN1c1cccc(C(F)(F)F)n1. The lowest BCUT2D eigenvalue weighted by Crippen LogP contribution is -2.48. The number of carboxylic acid groups (broad SMARTS) is 1. The lowest BCUT2D eigenvalue weighted by atomic mass is 10.2. The molecule has 0 aromatic carbocycles. The van der Waals surface area contributed by atoms with E-state index in [1.54, 1.807) is 0 Å². The molecular weight excluding hydrogens is 281 g/mol. The Labute approximate surface area is 111 Å². The second kappa shape index (κ2) is 5.28. The lowest BCUT2D eigenvalue weighted by Gasteiger charge is -2.33. The number of halogens is 3. The highest BCUT2D eigenvalue weighted by molar-refractivity contribution is 7.99. The van der Waals surface area contributed by atoms with Crippen molar-refractivity contribution in [3.05, 3.63) is 23.9 Å². The van der Waals surface area contributed by atoms with Gasteiger partial charge in [0.2, 0.25) is 0 Å². The zero-order valence-corrected chi connectivity index (χ0v) is 10.5. The first-order chi connectivity index (χ1) is 8.89. The first-order valence-electron chi connectivity index (χ1n) is 5.51. The van der Waals surface area contributed by atoms with Crippen molar-refractivity contribution in [3.63, 3.8) is 0 Å². The van der Waals surface area contributed by atoms with Crippen LogP contribution in [-0.2, 0) is 11.0 Å². The first kappa shape index (κ1) is 14.0. The summed E-state index contributed by atoms with van der Waals surface area (Å²) in [7, 11) is 0. The zero-order valence-electron chi connectivity index (χ0n) is 9.72. The van der Waals surface area contributed by atoms with Crippen LogP contribution in [-0.4, -0.2) is 40.2 Å². The molecule has 0 spiro atoms. The number of hydrogen-bond donors (Lipinski definition) is 1. The number of anilines is 1. The fourth-order valence-electron chi connectivity index (χ4n) is 1.82. The normalized spacial score (nSPS) is 20.4. The molecule has 1 aliphatic rings. The molecule has 1 aromatic heterocycles. The molecule has 1 saturated heterocycles. The molecule has 19 heavy (non-hydrogen) atoms. The van der Waals surface area contributed by atoms with Crippen LogP contribution in [0.1, 0.15) is 5.69 Å². The summed E-state index contributed by atoms with van der Waals surface area (Å²) in [4.78, 5) is 16.1. The number of aliphatic carboxylic acids is 1. The Hall–Kier alpha value is -1.44. The third kappa shape index (κ3) is 3.12. The van der Waals surface area contributed by atoms with E-state index in [0.717, 1.165) is 6.07 Å². The van der Waals surface area contributed by atoms with Gasteiger partial charge in [0.15, 0.2) is 0 Å². The van der Waals surface area contributed by atoms with Crippen molar-refractivity contribution >= 4 is 23.5 Å². The van der Waals surface area contributed by atoms with Crippen molar-refractivity contribution in [3.8, 4) is 0 Å². The van der Waals surface area contributed by atoms with Crippen molar-refractivity contribution < 1.29 is 23.1 Å². The van der Waals surface area contributed by atoms with Gasteiger partial charge in [-0.25, -0.2) is 9.78 Å². The van der Waals surface area contributed by atoms with Crippen LogP contribution in [0.2, 0.25) is 0 Å². The fourth-order valence-corrected chi connectivity index (χ4v) is 2.86. The third-order valence-corrected chi connectivity index (χ3v) is 3.76. The van der Waals surface area contributed by atoms with Gasteiger partial charge in [-0.05, 0) is 12.1 Å². The number of nitrogens with zero attached hydrogens (tertiary/aromatic N) is 2. The molecule has 0 radical (unpaired) electrons. The smallest absolute Gasteiger partial charge is 0.433 e. The first-order valence-corrected chi connectivity index (χ1v) is 6.66. The van der Waals surface area contributed by atoms with Gasteiger partial charge in [0.1, 0.15) is 17.6 Å². The predicted octanol–water partition coefficient (Wildman–Crippen LogP) is 2.11. The van der Waals surface area contributed by atoms with Gasteiger partial charge in [-0.2, -0.15) is 24.9 Å². The summed E-state index contributed by atoms with van der Waals surface area (Å²) in [6, 6.07) is 2.68. The molecular formula is C11H11F3N2O2S. The van der Waals surface area contributed by atoms with Crippen LogP contribution in [0.3, 0.4) is 0 Å². The van der Waals surface area contributed by atoms with Crippen LogP contribution < -0.4 is 4.90 Å². The summed E-state index contributed by atoms with van der Waals surface area (Å²) in [5.41, 5.74) is -1.01. The maximum Gasteiger partial charge on any atom is 0.433 e. The average molecular weight is 292 g/mol. The van der Waals surface area contributed by atoms with Gasteiger partial charge in [-0.15, -0.1) is 0 Å². The van der Waals surface area contributed by atoms with Crippen LogP contribution in [0.4, 0.5) is 19.0 Å². The number of pyridine rings is 1.